The third kappa shape index (κ3) is 4.34. The van der Waals surface area contributed by atoms with Gasteiger partial charge in [-0.3, -0.25) is 4.79 Å². The van der Waals surface area contributed by atoms with Gasteiger partial charge < -0.3 is 16.0 Å². The molecular formula is C24H19F3N4O. The average molecular weight is 436 g/mol. The molecule has 0 aliphatic rings. The van der Waals surface area contributed by atoms with E-state index in [1.807, 2.05) is 48.5 Å². The highest BCUT2D eigenvalue weighted by Crippen LogP contribution is 2.34. The first-order valence-corrected chi connectivity index (χ1v) is 9.71. The molecule has 0 fully saturated rings. The van der Waals surface area contributed by atoms with Crippen molar-refractivity contribution in [1.29, 1.82) is 0 Å². The summed E-state index contributed by atoms with van der Waals surface area (Å²) in [7, 11) is 0. The van der Waals surface area contributed by atoms with Crippen LogP contribution in [0.3, 0.4) is 0 Å². The van der Waals surface area contributed by atoms with Gasteiger partial charge in [-0.25, -0.2) is 0 Å². The van der Waals surface area contributed by atoms with Gasteiger partial charge in [0.15, 0.2) is 5.96 Å². The topological polar surface area (TPSA) is 86.4 Å². The van der Waals surface area contributed by atoms with Crippen LogP contribution in [-0.4, -0.2) is 16.4 Å². The van der Waals surface area contributed by atoms with Gasteiger partial charge in [0.25, 0.3) is 5.91 Å². The minimum atomic E-state index is -4.43. The quantitative estimate of drug-likeness (QED) is 0.356. The van der Waals surface area contributed by atoms with E-state index in [2.05, 4.69) is 4.99 Å². The summed E-state index contributed by atoms with van der Waals surface area (Å²) in [6, 6.07) is 22.1. The first-order valence-electron chi connectivity index (χ1n) is 9.71. The monoisotopic (exact) mass is 436 g/mol. The van der Waals surface area contributed by atoms with Crippen molar-refractivity contribution in [2.24, 2.45) is 16.5 Å². The van der Waals surface area contributed by atoms with E-state index in [9.17, 15) is 18.0 Å². The highest BCUT2D eigenvalue weighted by Gasteiger charge is 2.30. The highest BCUT2D eigenvalue weighted by atomic mass is 19.4. The Bertz CT molecular complexity index is 1320. The summed E-state index contributed by atoms with van der Waals surface area (Å²) in [4.78, 5) is 16.0. The lowest BCUT2D eigenvalue weighted by Gasteiger charge is -2.14. The first kappa shape index (κ1) is 21.2. The molecule has 0 aliphatic heterocycles. The van der Waals surface area contributed by atoms with Gasteiger partial charge in [0.2, 0.25) is 0 Å². The molecule has 0 atom stereocenters. The van der Waals surface area contributed by atoms with Crippen molar-refractivity contribution in [3.8, 4) is 22.5 Å². The maximum atomic E-state index is 13.0. The zero-order chi connectivity index (χ0) is 22.9. The summed E-state index contributed by atoms with van der Waals surface area (Å²) in [5.41, 5.74) is 12.6. The van der Waals surface area contributed by atoms with Crippen LogP contribution in [0.4, 0.5) is 13.2 Å². The summed E-state index contributed by atoms with van der Waals surface area (Å²) < 4.78 is 40.6. The number of aliphatic imine (C=N–C) groups is 1. The van der Waals surface area contributed by atoms with Gasteiger partial charge in [0, 0.05) is 11.4 Å². The van der Waals surface area contributed by atoms with Crippen LogP contribution in [-0.2, 0) is 17.5 Å². The van der Waals surface area contributed by atoms with E-state index in [0.29, 0.717) is 17.0 Å². The first-order chi connectivity index (χ1) is 15.2. The number of nitrogens with two attached hydrogens (primary N) is 2. The summed E-state index contributed by atoms with van der Waals surface area (Å²) in [5.74, 6) is -0.929. The number of rotatable bonds is 4. The van der Waals surface area contributed by atoms with Crippen molar-refractivity contribution in [3.63, 3.8) is 0 Å². The minimum Gasteiger partial charge on any atom is -0.370 e. The largest absolute Gasteiger partial charge is 0.416 e. The van der Waals surface area contributed by atoms with Crippen LogP contribution in [0.25, 0.3) is 33.3 Å². The Morgan fingerprint density at radius 1 is 0.812 bits per heavy atom. The van der Waals surface area contributed by atoms with Crippen molar-refractivity contribution >= 4 is 22.6 Å². The molecule has 0 spiro atoms. The van der Waals surface area contributed by atoms with Crippen LogP contribution in [0, 0.1) is 0 Å². The summed E-state index contributed by atoms with van der Waals surface area (Å²) in [5, 5.41) is 2.08. The minimum absolute atomic E-state index is 0.177. The molecule has 0 saturated carbocycles. The summed E-state index contributed by atoms with van der Waals surface area (Å²) in [6.45, 7) is -0.177. The van der Waals surface area contributed by atoms with E-state index in [-0.39, 0.29) is 12.5 Å². The fraction of sp³-hybridized carbons (Fsp3) is 0.0833. The van der Waals surface area contributed by atoms with Gasteiger partial charge >= 0.3 is 6.18 Å². The Labute approximate surface area is 181 Å². The van der Waals surface area contributed by atoms with Crippen LogP contribution < -0.4 is 11.5 Å². The maximum absolute atomic E-state index is 13.0. The maximum Gasteiger partial charge on any atom is 0.416 e. The molecule has 3 aromatic carbocycles. The zero-order valence-electron chi connectivity index (χ0n) is 16.8. The van der Waals surface area contributed by atoms with E-state index in [1.54, 1.807) is 10.6 Å². The zero-order valence-corrected chi connectivity index (χ0v) is 16.8. The molecule has 162 valence electrons. The number of amides is 1. The second-order valence-corrected chi connectivity index (χ2v) is 7.26. The lowest BCUT2D eigenvalue weighted by atomic mass is 10.1. The predicted octanol–water partition coefficient (Wildman–Crippen LogP) is 4.79. The third-order valence-electron chi connectivity index (χ3n) is 5.08. The molecule has 1 aromatic heterocycles. The Balaban J connectivity index is 1.82. The van der Waals surface area contributed by atoms with Crippen LogP contribution in [0.1, 0.15) is 5.56 Å². The molecule has 0 saturated heterocycles. The Morgan fingerprint density at radius 3 is 2.03 bits per heavy atom. The van der Waals surface area contributed by atoms with Crippen molar-refractivity contribution < 1.29 is 18.0 Å². The molecule has 4 N–H and O–H groups in total. The number of carbonyl (C=O) groups is 1. The van der Waals surface area contributed by atoms with E-state index in [1.165, 1.54) is 12.1 Å². The van der Waals surface area contributed by atoms with Crippen molar-refractivity contribution in [2.45, 2.75) is 12.7 Å². The molecule has 32 heavy (non-hydrogen) atoms. The molecule has 8 heteroatoms. The lowest BCUT2D eigenvalue weighted by Crippen LogP contribution is -2.25. The number of carbonyl (C=O) groups excluding carboxylic acids is 1. The van der Waals surface area contributed by atoms with Crippen LogP contribution >= 0.6 is 0 Å². The number of aromatic nitrogens is 1. The number of halogens is 3. The van der Waals surface area contributed by atoms with Gasteiger partial charge in [0.05, 0.1) is 5.56 Å². The molecule has 4 aromatic rings. The van der Waals surface area contributed by atoms with Crippen molar-refractivity contribution in [3.05, 3.63) is 84.4 Å². The molecule has 0 bridgehead atoms. The second kappa shape index (κ2) is 8.22. The number of guanidine groups is 1. The number of nitrogens with zero attached hydrogens (tertiary/aromatic N) is 2. The molecule has 0 aliphatic carbocycles. The van der Waals surface area contributed by atoms with Crippen molar-refractivity contribution in [2.75, 3.05) is 0 Å². The summed E-state index contributed by atoms with van der Waals surface area (Å²) >= 11 is 0. The molecule has 5 nitrogen and oxygen atoms in total. The summed E-state index contributed by atoms with van der Waals surface area (Å²) in [6.07, 6.45) is -4.43. The fourth-order valence-electron chi connectivity index (χ4n) is 3.64. The molecular weight excluding hydrogens is 417 g/mol. The number of benzene rings is 3. The number of fused-ring (bicyclic) bond motifs is 1. The van der Waals surface area contributed by atoms with Gasteiger partial charge in [-0.15, -0.1) is 0 Å². The standard InChI is InChI=1S/C24H19F3N4O/c25-24(26,27)19-9-7-16(8-10-19)20-11-12-21(31(20)14-22(32)30-23(28)29)18-6-5-15-3-1-2-4-17(15)13-18/h1-13H,14H2,(H4,28,29,30,32). The van der Waals surface area contributed by atoms with Crippen LogP contribution in [0.15, 0.2) is 83.9 Å². The Hall–Kier alpha value is -4.07. The third-order valence-corrected chi connectivity index (χ3v) is 5.08. The Kier molecular flexibility index (Phi) is 5.44. The molecule has 1 amide bonds. The van der Waals surface area contributed by atoms with Crippen LogP contribution in [0.5, 0.6) is 0 Å². The van der Waals surface area contributed by atoms with Gasteiger partial charge in [-0.2, -0.15) is 18.2 Å². The second-order valence-electron chi connectivity index (χ2n) is 7.26. The predicted molar refractivity (Wildman–Crippen MR) is 119 cm³/mol. The normalized spacial score (nSPS) is 11.5. The van der Waals surface area contributed by atoms with Gasteiger partial charge in [-0.1, -0.05) is 48.5 Å². The highest BCUT2D eigenvalue weighted by molar-refractivity contribution is 5.92. The van der Waals surface area contributed by atoms with E-state index >= 15 is 0 Å². The number of hydrogen-bond donors (Lipinski definition) is 2. The number of hydrogen-bond acceptors (Lipinski definition) is 1. The Morgan fingerprint density at radius 2 is 1.41 bits per heavy atom. The fourth-order valence-corrected chi connectivity index (χ4v) is 3.64. The van der Waals surface area contributed by atoms with Crippen LogP contribution in [0.2, 0.25) is 0 Å². The smallest absolute Gasteiger partial charge is 0.370 e. The average Bonchev–Trinajstić information content (AvgIpc) is 3.15. The number of alkyl halides is 3. The molecule has 4 rings (SSSR count). The van der Waals surface area contributed by atoms with E-state index < -0.39 is 17.6 Å². The molecule has 1 heterocycles. The lowest BCUT2D eigenvalue weighted by molar-refractivity contribution is -0.137. The van der Waals surface area contributed by atoms with E-state index in [0.717, 1.165) is 28.5 Å². The van der Waals surface area contributed by atoms with Gasteiger partial charge in [-0.05, 0) is 52.2 Å². The molecule has 0 radical (unpaired) electrons. The van der Waals surface area contributed by atoms with E-state index in [4.69, 9.17) is 11.5 Å². The van der Waals surface area contributed by atoms with Gasteiger partial charge in [0.1, 0.15) is 6.54 Å². The van der Waals surface area contributed by atoms with Crippen molar-refractivity contribution in [1.82, 2.24) is 4.57 Å². The SMILES string of the molecule is NC(N)=NC(=O)Cn1c(-c2ccc(C(F)(F)F)cc2)ccc1-c1ccc2ccccc2c1. The molecule has 0 unspecified atom stereocenters.